The van der Waals surface area contributed by atoms with Gasteiger partial charge >= 0.3 is 0 Å². The summed E-state index contributed by atoms with van der Waals surface area (Å²) < 4.78 is 11.9. The number of benzene rings is 2. The molecule has 0 saturated heterocycles. The number of carbonyl (C=O) groups is 1. The summed E-state index contributed by atoms with van der Waals surface area (Å²) in [5.41, 5.74) is 8.13. The monoisotopic (exact) mass is 310 g/mol. The molecule has 2 aromatic carbocycles. The molecule has 0 spiro atoms. The summed E-state index contributed by atoms with van der Waals surface area (Å²) in [6.07, 6.45) is 0. The number of nitrogens with one attached hydrogen (secondary N) is 1. The van der Waals surface area contributed by atoms with Gasteiger partial charge in [0, 0.05) is 11.3 Å². The second-order valence-electron chi connectivity index (χ2n) is 6.34. The Hall–Kier alpha value is -2.53. The Morgan fingerprint density at radius 3 is 2.83 bits per heavy atom. The molecule has 0 bridgehead atoms. The normalized spacial score (nSPS) is 21.5. The van der Waals surface area contributed by atoms with Gasteiger partial charge in [0.1, 0.15) is 23.9 Å². The predicted molar refractivity (Wildman–Crippen MR) is 87.2 cm³/mol. The van der Waals surface area contributed by atoms with Crippen molar-refractivity contribution in [2.45, 2.75) is 25.3 Å². The summed E-state index contributed by atoms with van der Waals surface area (Å²) in [4.78, 5) is 11.8. The Bertz CT molecular complexity index is 816. The lowest BCUT2D eigenvalue weighted by Crippen LogP contribution is -2.33. The fraction of sp³-hybridized carbons (Fsp3) is 0.278. The highest BCUT2D eigenvalue weighted by atomic mass is 16.5. The topological polar surface area (TPSA) is 73.6 Å². The fourth-order valence-corrected chi connectivity index (χ4v) is 3.27. The van der Waals surface area contributed by atoms with E-state index in [9.17, 15) is 4.79 Å². The van der Waals surface area contributed by atoms with E-state index in [1.165, 1.54) is 0 Å². The Labute approximate surface area is 134 Å². The largest absolute Gasteiger partial charge is 0.492 e. The molecule has 0 aromatic heterocycles. The highest BCUT2D eigenvalue weighted by Gasteiger charge is 2.45. The molecule has 5 heteroatoms. The van der Waals surface area contributed by atoms with E-state index in [2.05, 4.69) is 12.2 Å². The predicted octanol–water partition coefficient (Wildman–Crippen LogP) is 2.78. The minimum atomic E-state index is -0.556. The number of hydrogen-bond donors (Lipinski definition) is 2. The van der Waals surface area contributed by atoms with Gasteiger partial charge in [-0.2, -0.15) is 0 Å². The summed E-state index contributed by atoms with van der Waals surface area (Å²) in [5.74, 6) is 2.28. The summed E-state index contributed by atoms with van der Waals surface area (Å²) in [6, 6.07) is 10.9. The van der Waals surface area contributed by atoms with Crippen LogP contribution in [-0.2, 0) is 10.2 Å². The molecular formula is C18H18N2O3. The highest BCUT2D eigenvalue weighted by Crippen LogP contribution is 2.55. The number of rotatable bonds is 2. The van der Waals surface area contributed by atoms with Gasteiger partial charge in [0.25, 0.3) is 0 Å². The molecule has 2 aliphatic heterocycles. The van der Waals surface area contributed by atoms with E-state index in [-0.39, 0.29) is 11.3 Å². The highest BCUT2D eigenvalue weighted by molar-refractivity contribution is 5.94. The number of hydrogen-bond acceptors (Lipinski definition) is 4. The van der Waals surface area contributed by atoms with Gasteiger partial charge in [0.05, 0.1) is 17.0 Å². The van der Waals surface area contributed by atoms with Gasteiger partial charge in [-0.15, -0.1) is 0 Å². The standard InChI is InChI=1S/C18H18N2O3/c1-10(19)17(21)20-11-6-7-13-12(8-11)18(2)9-22-14-4-3-5-15(23-13)16(14)18/h3-8,10H,9,19H2,1-2H3,(H,20,21)/t10-,18?/m1/s1. The number of nitrogens with two attached hydrogens (primary N) is 1. The molecule has 2 heterocycles. The van der Waals surface area contributed by atoms with Crippen LogP contribution in [0.4, 0.5) is 5.69 Å². The molecule has 4 rings (SSSR count). The van der Waals surface area contributed by atoms with Crippen molar-refractivity contribution in [2.24, 2.45) is 5.73 Å². The van der Waals surface area contributed by atoms with E-state index in [0.29, 0.717) is 12.3 Å². The molecule has 2 aromatic rings. The van der Waals surface area contributed by atoms with Crippen LogP contribution >= 0.6 is 0 Å². The van der Waals surface area contributed by atoms with Crippen molar-refractivity contribution >= 4 is 11.6 Å². The number of carbonyl (C=O) groups excluding carboxylic acids is 1. The molecule has 0 aliphatic carbocycles. The van der Waals surface area contributed by atoms with Crippen molar-refractivity contribution in [1.82, 2.24) is 0 Å². The van der Waals surface area contributed by atoms with Crippen molar-refractivity contribution in [3.05, 3.63) is 47.5 Å². The average Bonchev–Trinajstić information content (AvgIpc) is 2.88. The van der Waals surface area contributed by atoms with Crippen LogP contribution < -0.4 is 20.5 Å². The molecule has 5 nitrogen and oxygen atoms in total. The first-order valence-electron chi connectivity index (χ1n) is 7.64. The van der Waals surface area contributed by atoms with Crippen molar-refractivity contribution in [3.8, 4) is 17.2 Å². The van der Waals surface area contributed by atoms with Crippen LogP contribution in [0.15, 0.2) is 36.4 Å². The molecular weight excluding hydrogens is 292 g/mol. The Morgan fingerprint density at radius 1 is 1.26 bits per heavy atom. The lowest BCUT2D eigenvalue weighted by molar-refractivity contribution is -0.117. The summed E-state index contributed by atoms with van der Waals surface area (Å²) >= 11 is 0. The van der Waals surface area contributed by atoms with Gasteiger partial charge in [-0.05, 0) is 44.2 Å². The SMILES string of the molecule is C[C@@H](N)C(=O)Nc1ccc2c(c1)C1(C)COc3cccc(c31)O2. The van der Waals surface area contributed by atoms with Crippen LogP contribution in [0, 0.1) is 0 Å². The third-order valence-electron chi connectivity index (χ3n) is 4.53. The maximum Gasteiger partial charge on any atom is 0.240 e. The van der Waals surface area contributed by atoms with Crippen LogP contribution in [0.3, 0.4) is 0 Å². The summed E-state index contributed by atoms with van der Waals surface area (Å²) in [7, 11) is 0. The zero-order chi connectivity index (χ0) is 16.2. The first kappa shape index (κ1) is 14.1. The first-order valence-corrected chi connectivity index (χ1v) is 7.64. The van der Waals surface area contributed by atoms with Crippen molar-refractivity contribution < 1.29 is 14.3 Å². The van der Waals surface area contributed by atoms with Gasteiger partial charge in [0.15, 0.2) is 0 Å². The third kappa shape index (κ3) is 2.00. The maximum atomic E-state index is 11.8. The number of anilines is 1. The molecule has 0 saturated carbocycles. The van der Waals surface area contributed by atoms with Crippen molar-refractivity contribution in [1.29, 1.82) is 0 Å². The number of fused-ring (bicyclic) bond motifs is 2. The zero-order valence-corrected chi connectivity index (χ0v) is 13.1. The van der Waals surface area contributed by atoms with E-state index >= 15 is 0 Å². The van der Waals surface area contributed by atoms with Crippen molar-refractivity contribution in [2.75, 3.05) is 11.9 Å². The Kier molecular flexibility index (Phi) is 2.90. The maximum absolute atomic E-state index is 11.8. The smallest absolute Gasteiger partial charge is 0.240 e. The zero-order valence-electron chi connectivity index (χ0n) is 13.1. The second-order valence-corrected chi connectivity index (χ2v) is 6.34. The molecule has 23 heavy (non-hydrogen) atoms. The van der Waals surface area contributed by atoms with E-state index in [4.69, 9.17) is 15.2 Å². The van der Waals surface area contributed by atoms with E-state index in [1.54, 1.807) is 6.92 Å². The van der Waals surface area contributed by atoms with Gasteiger partial charge in [-0.25, -0.2) is 0 Å². The molecule has 0 radical (unpaired) electrons. The molecule has 2 atom stereocenters. The van der Waals surface area contributed by atoms with Gasteiger partial charge in [-0.1, -0.05) is 6.07 Å². The van der Waals surface area contributed by atoms with Gasteiger partial charge < -0.3 is 20.5 Å². The molecule has 2 aliphatic rings. The lowest BCUT2D eigenvalue weighted by atomic mass is 9.75. The van der Waals surface area contributed by atoms with Crippen LogP contribution in [0.1, 0.15) is 25.0 Å². The van der Waals surface area contributed by atoms with Gasteiger partial charge in [-0.3, -0.25) is 4.79 Å². The molecule has 118 valence electrons. The average molecular weight is 310 g/mol. The lowest BCUT2D eigenvalue weighted by Gasteiger charge is -2.32. The quantitative estimate of drug-likeness (QED) is 0.894. The van der Waals surface area contributed by atoms with E-state index in [0.717, 1.165) is 28.4 Å². The Balaban J connectivity index is 1.79. The third-order valence-corrected chi connectivity index (χ3v) is 4.53. The first-order chi connectivity index (χ1) is 11.0. The number of amides is 1. The second kappa shape index (κ2) is 4.73. The van der Waals surface area contributed by atoms with Crippen LogP contribution in [0.2, 0.25) is 0 Å². The molecule has 1 amide bonds. The minimum Gasteiger partial charge on any atom is -0.492 e. The summed E-state index contributed by atoms with van der Waals surface area (Å²) in [5, 5.41) is 2.83. The minimum absolute atomic E-state index is 0.212. The fourth-order valence-electron chi connectivity index (χ4n) is 3.27. The number of ether oxygens (including phenoxy) is 2. The Morgan fingerprint density at radius 2 is 2.04 bits per heavy atom. The van der Waals surface area contributed by atoms with E-state index < -0.39 is 6.04 Å². The molecule has 0 fully saturated rings. The van der Waals surface area contributed by atoms with Crippen LogP contribution in [0.5, 0.6) is 17.2 Å². The van der Waals surface area contributed by atoms with Crippen molar-refractivity contribution in [3.63, 3.8) is 0 Å². The van der Waals surface area contributed by atoms with Crippen LogP contribution in [-0.4, -0.2) is 18.6 Å². The van der Waals surface area contributed by atoms with E-state index in [1.807, 2.05) is 36.4 Å². The van der Waals surface area contributed by atoms with Gasteiger partial charge in [0.2, 0.25) is 5.91 Å². The molecule has 3 N–H and O–H groups in total. The van der Waals surface area contributed by atoms with Crippen LogP contribution in [0.25, 0.3) is 0 Å². The molecule has 1 unspecified atom stereocenters. The summed E-state index contributed by atoms with van der Waals surface area (Å²) in [6.45, 7) is 4.35.